The fraction of sp³-hybridized carbons (Fsp3) is 0.312. The predicted octanol–water partition coefficient (Wildman–Crippen LogP) is 3.10. The van der Waals surface area contributed by atoms with Gasteiger partial charge in [0.1, 0.15) is 5.76 Å². The Morgan fingerprint density at radius 3 is 2.71 bits per heavy atom. The lowest BCUT2D eigenvalue weighted by Crippen LogP contribution is -2.38. The van der Waals surface area contributed by atoms with Crippen LogP contribution in [0.15, 0.2) is 52.1 Å². The van der Waals surface area contributed by atoms with Crippen LogP contribution in [0, 0.1) is 10.1 Å². The van der Waals surface area contributed by atoms with Crippen LogP contribution in [0.5, 0.6) is 0 Å². The summed E-state index contributed by atoms with van der Waals surface area (Å²) >= 11 is 0. The molecule has 130 valence electrons. The molecular formula is C16H21IN4O3. The maximum atomic E-state index is 11.0. The minimum atomic E-state index is -0.387. The zero-order valence-electron chi connectivity index (χ0n) is 13.4. The Kier molecular flexibility index (Phi) is 8.84. The lowest BCUT2D eigenvalue weighted by Gasteiger charge is -2.10. The number of rotatable bonds is 7. The summed E-state index contributed by atoms with van der Waals surface area (Å²) in [4.78, 5) is 15.0. The minimum Gasteiger partial charge on any atom is -0.469 e. The maximum absolute atomic E-state index is 11.0. The van der Waals surface area contributed by atoms with E-state index in [2.05, 4.69) is 15.6 Å². The predicted molar refractivity (Wildman–Crippen MR) is 104 cm³/mol. The number of guanidine groups is 1. The summed E-state index contributed by atoms with van der Waals surface area (Å²) < 4.78 is 5.27. The second-order valence-electron chi connectivity index (χ2n) is 4.84. The summed E-state index contributed by atoms with van der Waals surface area (Å²) in [5.74, 6) is 1.52. The molecule has 0 aliphatic rings. The first kappa shape index (κ1) is 19.9. The Bertz CT molecular complexity index is 659. The summed E-state index contributed by atoms with van der Waals surface area (Å²) in [5, 5.41) is 17.3. The van der Waals surface area contributed by atoms with E-state index in [4.69, 9.17) is 4.42 Å². The van der Waals surface area contributed by atoms with Crippen molar-refractivity contribution in [1.82, 2.24) is 10.6 Å². The highest BCUT2D eigenvalue weighted by Gasteiger charge is 2.11. The maximum Gasteiger partial charge on any atom is 0.274 e. The second-order valence-corrected chi connectivity index (χ2v) is 4.84. The quantitative estimate of drug-likeness (QED) is 0.225. The number of nitrogens with zero attached hydrogens (tertiary/aromatic N) is 2. The van der Waals surface area contributed by atoms with Gasteiger partial charge in [-0.15, -0.1) is 24.0 Å². The van der Waals surface area contributed by atoms with Crippen LogP contribution in [0.3, 0.4) is 0 Å². The minimum absolute atomic E-state index is 0. The van der Waals surface area contributed by atoms with Crippen LogP contribution in [0.2, 0.25) is 0 Å². The zero-order valence-corrected chi connectivity index (χ0v) is 15.7. The van der Waals surface area contributed by atoms with Gasteiger partial charge in [-0.1, -0.05) is 18.2 Å². The van der Waals surface area contributed by atoms with E-state index in [0.29, 0.717) is 24.6 Å². The van der Waals surface area contributed by atoms with Gasteiger partial charge in [0.15, 0.2) is 5.96 Å². The highest BCUT2D eigenvalue weighted by atomic mass is 127. The Morgan fingerprint density at radius 1 is 1.25 bits per heavy atom. The Morgan fingerprint density at radius 2 is 2.04 bits per heavy atom. The molecule has 0 fully saturated rings. The van der Waals surface area contributed by atoms with Gasteiger partial charge in [0, 0.05) is 25.6 Å². The van der Waals surface area contributed by atoms with Gasteiger partial charge < -0.3 is 15.1 Å². The van der Waals surface area contributed by atoms with Gasteiger partial charge in [0.05, 0.1) is 23.3 Å². The number of nitro groups is 1. The average molecular weight is 444 g/mol. The van der Waals surface area contributed by atoms with Crippen molar-refractivity contribution in [1.29, 1.82) is 0 Å². The fourth-order valence-electron chi connectivity index (χ4n) is 2.09. The molecule has 2 rings (SSSR count). The number of para-hydroxylation sites is 1. The topological polar surface area (TPSA) is 92.7 Å². The molecule has 0 saturated heterocycles. The molecule has 0 aliphatic heterocycles. The monoisotopic (exact) mass is 444 g/mol. The third-order valence-electron chi connectivity index (χ3n) is 3.18. The van der Waals surface area contributed by atoms with Crippen LogP contribution in [-0.4, -0.2) is 24.0 Å². The van der Waals surface area contributed by atoms with Crippen LogP contribution in [0.1, 0.15) is 18.2 Å². The molecule has 0 spiro atoms. The molecule has 0 unspecified atom stereocenters. The summed E-state index contributed by atoms with van der Waals surface area (Å²) in [7, 11) is 0. The molecule has 2 aromatic rings. The average Bonchev–Trinajstić information content (AvgIpc) is 3.06. The van der Waals surface area contributed by atoms with Crippen molar-refractivity contribution in [2.75, 3.05) is 13.1 Å². The van der Waals surface area contributed by atoms with Crippen molar-refractivity contribution in [2.45, 2.75) is 19.9 Å². The molecule has 0 atom stereocenters. The summed E-state index contributed by atoms with van der Waals surface area (Å²) in [5.41, 5.74) is 0.670. The molecule has 0 amide bonds. The van der Waals surface area contributed by atoms with Gasteiger partial charge in [-0.25, -0.2) is 4.99 Å². The Hall–Kier alpha value is -2.10. The zero-order chi connectivity index (χ0) is 16.5. The first-order valence-electron chi connectivity index (χ1n) is 7.47. The van der Waals surface area contributed by atoms with Gasteiger partial charge in [-0.2, -0.15) is 0 Å². The molecule has 8 heteroatoms. The molecule has 1 aromatic carbocycles. The van der Waals surface area contributed by atoms with Crippen molar-refractivity contribution < 1.29 is 9.34 Å². The molecule has 1 aromatic heterocycles. The van der Waals surface area contributed by atoms with E-state index in [-0.39, 0.29) is 41.1 Å². The van der Waals surface area contributed by atoms with Gasteiger partial charge in [-0.05, 0) is 19.1 Å². The number of hydrogen-bond donors (Lipinski definition) is 2. The van der Waals surface area contributed by atoms with Crippen LogP contribution >= 0.6 is 24.0 Å². The van der Waals surface area contributed by atoms with Gasteiger partial charge in [0.25, 0.3) is 5.69 Å². The largest absolute Gasteiger partial charge is 0.469 e. The molecule has 1 heterocycles. The normalized spacial score (nSPS) is 10.8. The number of hydrogen-bond acceptors (Lipinski definition) is 4. The van der Waals surface area contributed by atoms with Crippen LogP contribution in [-0.2, 0) is 13.0 Å². The van der Waals surface area contributed by atoms with Gasteiger partial charge in [0.2, 0.25) is 0 Å². The van der Waals surface area contributed by atoms with Gasteiger partial charge >= 0.3 is 0 Å². The molecule has 7 nitrogen and oxygen atoms in total. The highest BCUT2D eigenvalue weighted by Crippen LogP contribution is 2.18. The third kappa shape index (κ3) is 6.19. The number of halogens is 1. The van der Waals surface area contributed by atoms with E-state index in [1.165, 1.54) is 6.07 Å². The van der Waals surface area contributed by atoms with E-state index in [0.717, 1.165) is 12.2 Å². The van der Waals surface area contributed by atoms with Crippen LogP contribution < -0.4 is 10.6 Å². The van der Waals surface area contributed by atoms with Crippen molar-refractivity contribution in [3.63, 3.8) is 0 Å². The molecule has 24 heavy (non-hydrogen) atoms. The molecule has 2 N–H and O–H groups in total. The molecule has 0 aliphatic carbocycles. The van der Waals surface area contributed by atoms with Crippen molar-refractivity contribution in [3.8, 4) is 0 Å². The van der Waals surface area contributed by atoms with Crippen molar-refractivity contribution in [2.24, 2.45) is 4.99 Å². The number of aliphatic imine (C=N–C) groups is 1. The Balaban J connectivity index is 0.00000288. The second kappa shape index (κ2) is 10.6. The molecular weight excluding hydrogens is 423 g/mol. The first-order chi connectivity index (χ1) is 11.2. The van der Waals surface area contributed by atoms with E-state index in [9.17, 15) is 10.1 Å². The van der Waals surface area contributed by atoms with Crippen molar-refractivity contribution >= 4 is 35.6 Å². The molecule has 0 saturated carbocycles. The lowest BCUT2D eigenvalue weighted by molar-refractivity contribution is -0.385. The summed E-state index contributed by atoms with van der Waals surface area (Å²) in [6.45, 7) is 3.58. The smallest absolute Gasteiger partial charge is 0.274 e. The summed E-state index contributed by atoms with van der Waals surface area (Å²) in [6.07, 6.45) is 2.38. The lowest BCUT2D eigenvalue weighted by atomic mass is 10.2. The third-order valence-corrected chi connectivity index (χ3v) is 3.18. The van der Waals surface area contributed by atoms with E-state index in [1.54, 1.807) is 24.5 Å². The van der Waals surface area contributed by atoms with Crippen LogP contribution in [0.4, 0.5) is 5.69 Å². The van der Waals surface area contributed by atoms with E-state index < -0.39 is 0 Å². The summed E-state index contributed by atoms with van der Waals surface area (Å²) in [6, 6.07) is 10.4. The van der Waals surface area contributed by atoms with Gasteiger partial charge in [-0.3, -0.25) is 10.1 Å². The molecule has 0 radical (unpaired) electrons. The van der Waals surface area contributed by atoms with Crippen molar-refractivity contribution in [3.05, 3.63) is 64.1 Å². The SMILES string of the molecule is CCNC(=NCc1ccccc1[N+](=O)[O-])NCCc1ccco1.I. The highest BCUT2D eigenvalue weighted by molar-refractivity contribution is 14.0. The number of nitro benzene ring substituents is 1. The fourth-order valence-corrected chi connectivity index (χ4v) is 2.09. The van der Waals surface area contributed by atoms with Crippen LogP contribution in [0.25, 0.3) is 0 Å². The van der Waals surface area contributed by atoms with E-state index >= 15 is 0 Å². The standard InChI is InChI=1S/C16H20N4O3.HI/c1-2-17-16(18-10-9-14-7-5-11-23-14)19-12-13-6-3-4-8-15(13)20(21)22;/h3-8,11H,2,9-10,12H2,1H3,(H2,17,18,19);1H. The number of furan rings is 1. The Labute approximate surface area is 157 Å². The first-order valence-corrected chi connectivity index (χ1v) is 7.47. The van der Waals surface area contributed by atoms with E-state index in [1.807, 2.05) is 19.1 Å². The molecule has 0 bridgehead atoms. The number of benzene rings is 1. The number of nitrogens with one attached hydrogen (secondary N) is 2.